The Kier molecular flexibility index (Phi) is 2.05. The first-order chi connectivity index (χ1) is 6.70. The smallest absolute Gasteiger partial charge is 0.206 e. The summed E-state index contributed by atoms with van der Waals surface area (Å²) in [6, 6.07) is 7.31. The van der Waals surface area contributed by atoms with Gasteiger partial charge < -0.3 is 11.6 Å². The maximum absolute atomic E-state index is 5.77. The van der Waals surface area contributed by atoms with Crippen molar-refractivity contribution in [1.29, 1.82) is 0 Å². The van der Waals surface area contributed by atoms with E-state index in [1.807, 2.05) is 18.2 Å². The molecule has 6 heteroatoms. The van der Waals surface area contributed by atoms with Gasteiger partial charge in [-0.15, -0.1) is 22.8 Å². The van der Waals surface area contributed by atoms with Crippen molar-refractivity contribution < 1.29 is 0 Å². The lowest BCUT2D eigenvalue weighted by Crippen LogP contribution is -2.11. The second kappa shape index (κ2) is 3.22. The number of aromatic nitrogens is 3. The highest BCUT2D eigenvalue weighted by atomic mass is 32.1. The summed E-state index contributed by atoms with van der Waals surface area (Å²) in [5.41, 5.74) is 7.13. The number of hydrogen-bond acceptors (Lipinski definition) is 5. The third-order valence-electron chi connectivity index (χ3n) is 1.88. The Morgan fingerprint density at radius 1 is 1.21 bits per heavy atom. The number of hydrogen-bond donors (Lipinski definition) is 3. The van der Waals surface area contributed by atoms with Gasteiger partial charge in [0.15, 0.2) is 5.82 Å². The average Bonchev–Trinajstić information content (AvgIpc) is 2.49. The molecule has 2 aromatic rings. The van der Waals surface area contributed by atoms with Crippen molar-refractivity contribution in [3.8, 4) is 11.4 Å². The van der Waals surface area contributed by atoms with Crippen molar-refractivity contribution in [2.45, 2.75) is 5.16 Å². The summed E-state index contributed by atoms with van der Waals surface area (Å²) in [7, 11) is 0. The van der Waals surface area contributed by atoms with E-state index in [-0.39, 0.29) is 0 Å². The molecule has 0 spiro atoms. The predicted octanol–water partition coefficient (Wildman–Crippen LogP) is 0.530. The second-order valence-electron chi connectivity index (χ2n) is 2.78. The van der Waals surface area contributed by atoms with E-state index in [1.54, 1.807) is 6.07 Å². The first-order valence-corrected chi connectivity index (χ1v) is 4.39. The quantitative estimate of drug-likeness (QED) is 0.362. The molecule has 1 aromatic heterocycles. The van der Waals surface area contributed by atoms with E-state index < -0.39 is 0 Å². The van der Waals surface area contributed by atoms with Gasteiger partial charge in [0.1, 0.15) is 0 Å². The molecule has 5 nitrogen and oxygen atoms in total. The van der Waals surface area contributed by atoms with Gasteiger partial charge in [-0.25, -0.2) is 4.68 Å². The SMILES string of the molecule is Nc1ccccc1-c1nnc(S)n1N. The fraction of sp³-hybridized carbons (Fsp3) is 0. The van der Waals surface area contributed by atoms with Crippen LogP contribution in [-0.4, -0.2) is 14.9 Å². The van der Waals surface area contributed by atoms with Gasteiger partial charge in [-0.05, 0) is 12.1 Å². The summed E-state index contributed by atoms with van der Waals surface area (Å²) in [6.45, 7) is 0. The number of benzene rings is 1. The van der Waals surface area contributed by atoms with E-state index in [2.05, 4.69) is 22.8 Å². The van der Waals surface area contributed by atoms with E-state index in [1.165, 1.54) is 4.68 Å². The van der Waals surface area contributed by atoms with Gasteiger partial charge in [0, 0.05) is 11.3 Å². The Morgan fingerprint density at radius 2 is 1.93 bits per heavy atom. The molecular weight excluding hydrogens is 198 g/mol. The van der Waals surface area contributed by atoms with Crippen LogP contribution in [0.5, 0.6) is 0 Å². The summed E-state index contributed by atoms with van der Waals surface area (Å²) < 4.78 is 1.29. The van der Waals surface area contributed by atoms with Gasteiger partial charge in [-0.3, -0.25) is 0 Å². The van der Waals surface area contributed by atoms with E-state index in [9.17, 15) is 0 Å². The van der Waals surface area contributed by atoms with E-state index >= 15 is 0 Å². The second-order valence-corrected chi connectivity index (χ2v) is 3.18. The highest BCUT2D eigenvalue weighted by molar-refractivity contribution is 7.80. The van der Waals surface area contributed by atoms with Crippen molar-refractivity contribution in [2.75, 3.05) is 11.6 Å². The van der Waals surface area contributed by atoms with Crippen molar-refractivity contribution >= 4 is 18.3 Å². The minimum atomic E-state index is 0.350. The molecule has 1 aromatic carbocycles. The molecule has 0 aliphatic heterocycles. The van der Waals surface area contributed by atoms with Gasteiger partial charge in [-0.2, -0.15) is 0 Å². The zero-order chi connectivity index (χ0) is 10.1. The zero-order valence-corrected chi connectivity index (χ0v) is 8.15. The van der Waals surface area contributed by atoms with Crippen molar-refractivity contribution in [1.82, 2.24) is 14.9 Å². The van der Waals surface area contributed by atoms with Crippen LogP contribution in [0.1, 0.15) is 0 Å². The Bertz CT molecular complexity index is 465. The number of nitrogen functional groups attached to an aromatic ring is 2. The normalized spacial score (nSPS) is 10.4. The number of rotatable bonds is 1. The van der Waals surface area contributed by atoms with Gasteiger partial charge in [-0.1, -0.05) is 12.1 Å². The Balaban J connectivity index is 2.60. The lowest BCUT2D eigenvalue weighted by Gasteiger charge is -2.03. The van der Waals surface area contributed by atoms with Crippen LogP contribution in [0.15, 0.2) is 29.4 Å². The molecule has 0 saturated heterocycles. The molecule has 0 unspecified atom stereocenters. The first-order valence-electron chi connectivity index (χ1n) is 3.94. The van der Waals surface area contributed by atoms with Crippen LogP contribution in [0.3, 0.4) is 0 Å². The van der Waals surface area contributed by atoms with Crippen LogP contribution in [0.4, 0.5) is 5.69 Å². The highest BCUT2D eigenvalue weighted by Gasteiger charge is 2.10. The Labute approximate surface area is 86.1 Å². The Hall–Kier alpha value is -1.69. The maximum atomic E-state index is 5.77. The summed E-state index contributed by atoms with van der Waals surface area (Å²) in [6.07, 6.45) is 0. The molecule has 0 bridgehead atoms. The summed E-state index contributed by atoms with van der Waals surface area (Å²) in [5.74, 6) is 6.17. The van der Waals surface area contributed by atoms with Gasteiger partial charge >= 0.3 is 0 Å². The number of nitrogens with two attached hydrogens (primary N) is 2. The minimum absolute atomic E-state index is 0.350. The van der Waals surface area contributed by atoms with Crippen molar-refractivity contribution in [2.24, 2.45) is 0 Å². The number of nitrogens with zero attached hydrogens (tertiary/aromatic N) is 3. The minimum Gasteiger partial charge on any atom is -0.398 e. The largest absolute Gasteiger partial charge is 0.398 e. The van der Waals surface area contributed by atoms with Gasteiger partial charge in [0.05, 0.1) is 0 Å². The predicted molar refractivity (Wildman–Crippen MR) is 57.3 cm³/mol. The van der Waals surface area contributed by atoms with Gasteiger partial charge in [0.25, 0.3) is 0 Å². The van der Waals surface area contributed by atoms with Crippen LogP contribution < -0.4 is 11.6 Å². The molecule has 0 atom stereocenters. The molecule has 0 aliphatic rings. The molecule has 0 radical (unpaired) electrons. The zero-order valence-electron chi connectivity index (χ0n) is 7.25. The summed E-state index contributed by atoms with van der Waals surface area (Å²) in [4.78, 5) is 0. The summed E-state index contributed by atoms with van der Waals surface area (Å²) in [5, 5.41) is 7.96. The van der Waals surface area contributed by atoms with Crippen LogP contribution in [0.2, 0.25) is 0 Å². The molecule has 4 N–H and O–H groups in total. The fourth-order valence-electron chi connectivity index (χ4n) is 1.17. The highest BCUT2D eigenvalue weighted by Crippen LogP contribution is 2.23. The van der Waals surface area contributed by atoms with E-state index in [0.717, 1.165) is 5.56 Å². The first kappa shape index (κ1) is 8.89. The molecule has 0 fully saturated rings. The molecule has 0 saturated carbocycles. The van der Waals surface area contributed by atoms with Crippen LogP contribution in [-0.2, 0) is 0 Å². The van der Waals surface area contributed by atoms with Crippen molar-refractivity contribution in [3.05, 3.63) is 24.3 Å². The number of thiol groups is 1. The molecule has 72 valence electrons. The van der Waals surface area contributed by atoms with Crippen molar-refractivity contribution in [3.63, 3.8) is 0 Å². The molecule has 0 amide bonds. The maximum Gasteiger partial charge on any atom is 0.206 e. The standard InChI is InChI=1S/C8H9N5S/c9-6-4-2-1-3-5(6)7-11-12-8(14)13(7)10/h1-4H,9-10H2,(H,12,14). The molecular formula is C8H9N5S. The Morgan fingerprint density at radius 3 is 2.50 bits per heavy atom. The van der Waals surface area contributed by atoms with E-state index in [4.69, 9.17) is 11.6 Å². The number of para-hydroxylation sites is 1. The lowest BCUT2D eigenvalue weighted by molar-refractivity contribution is 0.855. The van der Waals surface area contributed by atoms with Crippen LogP contribution in [0, 0.1) is 0 Å². The average molecular weight is 207 g/mol. The molecule has 2 rings (SSSR count). The van der Waals surface area contributed by atoms with Gasteiger partial charge in [0.2, 0.25) is 5.16 Å². The van der Waals surface area contributed by atoms with Crippen LogP contribution in [0.25, 0.3) is 11.4 Å². The monoisotopic (exact) mass is 207 g/mol. The van der Waals surface area contributed by atoms with Crippen LogP contribution >= 0.6 is 12.6 Å². The molecule has 1 heterocycles. The lowest BCUT2D eigenvalue weighted by atomic mass is 10.2. The summed E-state index contributed by atoms with van der Waals surface area (Å²) >= 11 is 4.03. The number of anilines is 1. The third kappa shape index (κ3) is 1.29. The topological polar surface area (TPSA) is 82.8 Å². The molecule has 14 heavy (non-hydrogen) atoms. The van der Waals surface area contributed by atoms with E-state index in [0.29, 0.717) is 16.7 Å². The third-order valence-corrected chi connectivity index (χ3v) is 2.18. The fourth-order valence-corrected chi connectivity index (χ4v) is 1.31. The molecule has 0 aliphatic carbocycles.